The first-order chi connectivity index (χ1) is 22.4. The average molecular weight is 852 g/mol. The molecule has 7 nitrogen and oxygen atoms in total. The van der Waals surface area contributed by atoms with Crippen molar-refractivity contribution in [2.45, 2.75) is 128 Å². The summed E-state index contributed by atoms with van der Waals surface area (Å²) in [6.07, 6.45) is 2.79. The van der Waals surface area contributed by atoms with Crippen LogP contribution in [0.2, 0.25) is 108 Å². The fourth-order valence-corrected chi connectivity index (χ4v) is 39.2. The van der Waals surface area contributed by atoms with E-state index in [0.717, 1.165) is 18.5 Å². The first-order valence-electron chi connectivity index (χ1n) is 18.1. The monoisotopic (exact) mass is 850 g/mol. The van der Waals surface area contributed by atoms with Crippen LogP contribution in [0.3, 0.4) is 0 Å². The molecule has 284 valence electrons. The van der Waals surface area contributed by atoms with Gasteiger partial charge in [0.1, 0.15) is 29.3 Å². The Kier molecular flexibility index (Phi) is 23.8. The van der Waals surface area contributed by atoms with Gasteiger partial charge in [-0.3, -0.25) is 0 Å². The number of benzene rings is 1. The number of carbonyl (C=O) groups is 1. The van der Waals surface area contributed by atoms with Crippen LogP contribution < -0.4 is 0 Å². The van der Waals surface area contributed by atoms with E-state index in [-0.39, 0.29) is 5.97 Å². The van der Waals surface area contributed by atoms with Crippen molar-refractivity contribution in [2.75, 3.05) is 6.61 Å². The second kappa shape index (κ2) is 23.7. The highest BCUT2D eigenvalue weighted by Crippen LogP contribution is 2.18. The molecule has 0 fully saturated rings. The van der Waals surface area contributed by atoms with Crippen molar-refractivity contribution in [3.05, 3.63) is 54.1 Å². The van der Waals surface area contributed by atoms with Crippen LogP contribution >= 0.6 is 0 Å². The largest absolute Gasteiger partial charge is 0.462 e. The smallest absolute Gasteiger partial charge is 0.333 e. The van der Waals surface area contributed by atoms with E-state index in [9.17, 15) is 4.79 Å². The van der Waals surface area contributed by atoms with E-state index in [0.29, 0.717) is 12.2 Å². The van der Waals surface area contributed by atoms with Crippen LogP contribution in [0.1, 0.15) is 24.5 Å². The zero-order valence-electron chi connectivity index (χ0n) is 34.0. The lowest BCUT2D eigenvalue weighted by molar-refractivity contribution is -0.138. The summed E-state index contributed by atoms with van der Waals surface area (Å²) in [4.78, 5) is 11.2. The quantitative estimate of drug-likeness (QED) is 0.0528. The van der Waals surface area contributed by atoms with Crippen LogP contribution in [0, 0.1) is 0 Å². The molecular weight excluding hydrogens is 777 g/mol. The van der Waals surface area contributed by atoms with Gasteiger partial charge < -0.3 is 25.3 Å². The minimum Gasteiger partial charge on any atom is -0.462 e. The summed E-state index contributed by atoms with van der Waals surface area (Å²) in [5.74, 6) is -0.291. The SMILES string of the molecule is C=C(C)C(=O)OCCC[SiH2]O[Si](C)(C)C[SiH](C)O[Si](C)(C)C.C=Cc1ccc(C[SiH2]O[Si](C)(C)C[SiH2]O[Si](C)(C)C[SiH2]O[Si](C)(C)C)cc1. The molecule has 0 bridgehead atoms. The normalized spacial score (nSPS) is 14.3. The summed E-state index contributed by atoms with van der Waals surface area (Å²) in [6.45, 7) is 39.5. The minimum absolute atomic E-state index is 0.291. The van der Waals surface area contributed by atoms with Crippen LogP contribution in [-0.2, 0) is 36.2 Å². The Bertz CT molecular complexity index is 1100. The first-order valence-corrected chi connectivity index (χ1v) is 43.0. The maximum absolute atomic E-state index is 11.2. The molecule has 0 spiro atoms. The van der Waals surface area contributed by atoms with Crippen LogP contribution in [0.5, 0.6) is 0 Å². The standard InChI is InChI=1S/C18H40O3Si6.C14H34O4Si4/c1-9-17-10-12-18(13-11-17)14-22-20-26(5,6)16-24-21-27(7,8)15-23-19-25(2,3)4;1-13(2)14(15)16-10-9-11-19-17-22(7,8)12-20(3)18-21(4,5)6/h9-13H,1,14-16,22-24H2,2-8H3;20H,1,9-12,19H2,2-8H3. The van der Waals surface area contributed by atoms with Gasteiger partial charge in [-0.15, -0.1) is 0 Å². The highest BCUT2D eigenvalue weighted by molar-refractivity contribution is 6.88. The predicted octanol–water partition coefficient (Wildman–Crippen LogP) is 6.25. The summed E-state index contributed by atoms with van der Waals surface area (Å²) in [7, 11) is -10.4. The van der Waals surface area contributed by atoms with Gasteiger partial charge in [0, 0.05) is 5.57 Å². The Labute approximate surface area is 318 Å². The van der Waals surface area contributed by atoms with Crippen molar-refractivity contribution in [2.24, 2.45) is 0 Å². The summed E-state index contributed by atoms with van der Waals surface area (Å²) >= 11 is 0. The van der Waals surface area contributed by atoms with E-state index in [1.165, 1.54) is 28.1 Å². The molecule has 1 aromatic carbocycles. The van der Waals surface area contributed by atoms with Crippen LogP contribution in [-0.4, -0.2) is 102 Å². The number of hydrogen-bond donors (Lipinski definition) is 0. The summed E-state index contributed by atoms with van der Waals surface area (Å²) in [6, 6.07) is 10.9. The molecule has 0 aliphatic rings. The molecule has 0 aliphatic heterocycles. The molecule has 17 heteroatoms. The van der Waals surface area contributed by atoms with E-state index >= 15 is 0 Å². The second-order valence-corrected chi connectivity index (χ2v) is 51.5. The Morgan fingerprint density at radius 1 is 0.755 bits per heavy atom. The second-order valence-electron chi connectivity index (χ2n) is 16.8. The Morgan fingerprint density at radius 3 is 1.76 bits per heavy atom. The highest BCUT2D eigenvalue weighted by atomic mass is 28.4. The Balaban J connectivity index is 0.000000962. The van der Waals surface area contributed by atoms with Gasteiger partial charge in [-0.25, -0.2) is 4.79 Å². The molecule has 0 N–H and O–H groups in total. The van der Waals surface area contributed by atoms with Gasteiger partial charge >= 0.3 is 5.97 Å². The third-order valence-corrected chi connectivity index (χ3v) is 47.1. The van der Waals surface area contributed by atoms with Crippen molar-refractivity contribution in [3.8, 4) is 0 Å². The fourth-order valence-electron chi connectivity index (χ4n) is 4.82. The minimum atomic E-state index is -1.57. The third-order valence-electron chi connectivity index (χ3n) is 7.48. The van der Waals surface area contributed by atoms with Crippen molar-refractivity contribution in [3.63, 3.8) is 0 Å². The Hall–Kier alpha value is 0.139. The molecule has 1 unspecified atom stereocenters. The number of rotatable bonds is 24. The highest BCUT2D eigenvalue weighted by Gasteiger charge is 2.29. The van der Waals surface area contributed by atoms with E-state index in [2.05, 4.69) is 123 Å². The van der Waals surface area contributed by atoms with Crippen molar-refractivity contribution in [1.29, 1.82) is 0 Å². The lowest BCUT2D eigenvalue weighted by atomic mass is 10.1. The van der Waals surface area contributed by atoms with E-state index in [1.807, 2.05) is 6.08 Å². The zero-order valence-corrected chi connectivity index (χ0v) is 45.8. The zero-order chi connectivity index (χ0) is 37.9. The topological polar surface area (TPSA) is 72.5 Å². The maximum Gasteiger partial charge on any atom is 0.333 e. The van der Waals surface area contributed by atoms with Crippen LogP contribution in [0.15, 0.2) is 43.0 Å². The van der Waals surface area contributed by atoms with E-state index < -0.39 is 89.7 Å². The molecule has 0 saturated carbocycles. The van der Waals surface area contributed by atoms with Gasteiger partial charge in [0.05, 0.1) is 6.61 Å². The molecule has 1 rings (SSSR count). The molecule has 0 aliphatic carbocycles. The molecule has 1 aromatic rings. The molecule has 49 heavy (non-hydrogen) atoms. The van der Waals surface area contributed by atoms with Crippen molar-refractivity contribution < 1.29 is 30.1 Å². The predicted molar refractivity (Wildman–Crippen MR) is 242 cm³/mol. The van der Waals surface area contributed by atoms with Gasteiger partial charge in [0.25, 0.3) is 0 Å². The fraction of sp³-hybridized carbons (Fsp3) is 0.656. The number of esters is 1. The van der Waals surface area contributed by atoms with Gasteiger partial charge in [-0.05, 0) is 139 Å². The lowest BCUT2D eigenvalue weighted by Gasteiger charge is -2.29. The molecule has 0 heterocycles. The molecule has 0 amide bonds. The van der Waals surface area contributed by atoms with Gasteiger partial charge in [0.2, 0.25) is 0 Å². The van der Waals surface area contributed by atoms with Crippen molar-refractivity contribution >= 4 is 102 Å². The number of hydrogen-bond acceptors (Lipinski definition) is 7. The average Bonchev–Trinajstić information content (AvgIpc) is 2.92. The summed E-state index contributed by atoms with van der Waals surface area (Å²) < 4.78 is 36.7. The van der Waals surface area contributed by atoms with Crippen LogP contribution in [0.25, 0.3) is 6.08 Å². The lowest BCUT2D eigenvalue weighted by Crippen LogP contribution is -2.42. The number of carbonyl (C=O) groups excluding carboxylic acids is 1. The maximum atomic E-state index is 11.2. The Morgan fingerprint density at radius 2 is 1.27 bits per heavy atom. The number of ether oxygens (including phenoxy) is 1. The molecular formula is C32H74O7Si10. The summed E-state index contributed by atoms with van der Waals surface area (Å²) in [5, 5.41) is 0. The van der Waals surface area contributed by atoms with E-state index in [1.54, 1.807) is 6.92 Å². The van der Waals surface area contributed by atoms with Gasteiger partial charge in [0.15, 0.2) is 60.4 Å². The van der Waals surface area contributed by atoms with Gasteiger partial charge in [-0.2, -0.15) is 0 Å². The van der Waals surface area contributed by atoms with E-state index in [4.69, 9.17) is 25.3 Å². The van der Waals surface area contributed by atoms with Gasteiger partial charge in [-0.1, -0.05) is 43.5 Å². The molecule has 0 radical (unpaired) electrons. The first kappa shape index (κ1) is 49.1. The summed E-state index contributed by atoms with van der Waals surface area (Å²) in [5.41, 5.74) is 6.72. The third kappa shape index (κ3) is 29.3. The van der Waals surface area contributed by atoms with Crippen molar-refractivity contribution in [1.82, 2.24) is 0 Å². The molecule has 0 aromatic heterocycles. The molecule has 0 saturated heterocycles. The molecule has 1 atom stereocenters. The van der Waals surface area contributed by atoms with Crippen LogP contribution in [0.4, 0.5) is 0 Å².